The lowest BCUT2D eigenvalue weighted by molar-refractivity contribution is -0.146. The fourth-order valence-corrected chi connectivity index (χ4v) is 4.22. The molecular formula is C21H28N8O4. The Balaban J connectivity index is 1.45. The molecule has 4 heterocycles. The van der Waals surface area contributed by atoms with E-state index in [2.05, 4.69) is 20.4 Å². The number of rotatable bonds is 5. The Morgan fingerprint density at radius 1 is 1.18 bits per heavy atom. The van der Waals surface area contributed by atoms with Crippen molar-refractivity contribution < 1.29 is 19.1 Å². The molecule has 3 aliphatic heterocycles. The Morgan fingerprint density at radius 2 is 1.88 bits per heavy atom. The number of hydrogen-bond acceptors (Lipinski definition) is 9. The number of aromatic nitrogens is 3. The number of piperazine rings is 1. The first-order valence-corrected chi connectivity index (χ1v) is 10.7. The molecule has 2 unspecified atom stereocenters. The summed E-state index contributed by atoms with van der Waals surface area (Å²) in [4.78, 5) is 52.1. The molecule has 4 rings (SSSR count). The van der Waals surface area contributed by atoms with Crippen LogP contribution in [0.4, 0.5) is 0 Å². The lowest BCUT2D eigenvalue weighted by Gasteiger charge is -2.35. The van der Waals surface area contributed by atoms with Crippen LogP contribution < -0.4 is 5.32 Å². The smallest absolute Gasteiger partial charge is 0.294 e. The number of carbonyl (C=O) groups is 3. The second-order valence-corrected chi connectivity index (χ2v) is 8.42. The summed E-state index contributed by atoms with van der Waals surface area (Å²) < 4.78 is 7.03. The average Bonchev–Trinajstić information content (AvgIpc) is 3.44. The lowest BCUT2D eigenvalue weighted by Crippen LogP contribution is -2.54. The first kappa shape index (κ1) is 22.6. The summed E-state index contributed by atoms with van der Waals surface area (Å²) in [5.74, 6) is -0.0430. The number of methoxy groups -OCH3 is 1. The highest BCUT2D eigenvalue weighted by molar-refractivity contribution is 6.43. The van der Waals surface area contributed by atoms with Crippen molar-refractivity contribution in [1.82, 2.24) is 34.8 Å². The number of ketones is 1. The third-order valence-corrected chi connectivity index (χ3v) is 5.90. The minimum Gasteiger partial charge on any atom is -0.499 e. The molecule has 12 nitrogen and oxygen atoms in total. The van der Waals surface area contributed by atoms with E-state index >= 15 is 0 Å². The van der Waals surface area contributed by atoms with Gasteiger partial charge in [0.1, 0.15) is 24.0 Å². The quantitative estimate of drug-likeness (QED) is 0.537. The van der Waals surface area contributed by atoms with Crippen LogP contribution in [0.25, 0.3) is 0 Å². The fourth-order valence-electron chi connectivity index (χ4n) is 4.22. The Morgan fingerprint density at radius 3 is 2.48 bits per heavy atom. The van der Waals surface area contributed by atoms with Crippen molar-refractivity contribution in [2.45, 2.75) is 13.0 Å². The maximum Gasteiger partial charge on any atom is 0.294 e. The molecule has 176 valence electrons. The van der Waals surface area contributed by atoms with Crippen LogP contribution in [0.3, 0.4) is 0 Å². The third-order valence-electron chi connectivity index (χ3n) is 5.90. The van der Waals surface area contributed by atoms with Gasteiger partial charge >= 0.3 is 0 Å². The number of ether oxygens (including phenoxy) is 1. The largest absolute Gasteiger partial charge is 0.499 e. The van der Waals surface area contributed by atoms with E-state index in [1.165, 1.54) is 12.0 Å². The van der Waals surface area contributed by atoms with Crippen LogP contribution in [0.5, 0.6) is 0 Å². The number of Topliss-reactive ketones (excluding diaryl/α,β-unsaturated/α-hetero) is 1. The van der Waals surface area contributed by atoms with Gasteiger partial charge in [-0.05, 0) is 21.0 Å². The lowest BCUT2D eigenvalue weighted by atomic mass is 9.88. The van der Waals surface area contributed by atoms with E-state index < -0.39 is 23.7 Å². The summed E-state index contributed by atoms with van der Waals surface area (Å²) in [6.07, 6.45) is 4.66. The number of aliphatic imine (C=N–C) groups is 1. The van der Waals surface area contributed by atoms with Crippen LogP contribution in [-0.2, 0) is 19.1 Å². The average molecular weight is 457 g/mol. The number of carbonyl (C=O) groups excluding carboxylic acids is 3. The summed E-state index contributed by atoms with van der Waals surface area (Å²) in [5, 5.41) is 7.47. The molecule has 0 radical (unpaired) electrons. The number of aryl methyl sites for hydroxylation is 1. The van der Waals surface area contributed by atoms with Crippen molar-refractivity contribution >= 4 is 23.4 Å². The molecule has 33 heavy (non-hydrogen) atoms. The number of nitrogens with one attached hydrogen (secondary N) is 1. The van der Waals surface area contributed by atoms with Crippen molar-refractivity contribution in [2.24, 2.45) is 10.9 Å². The first-order valence-electron chi connectivity index (χ1n) is 10.7. The molecule has 1 aromatic rings. The fraction of sp³-hybridized carbons (Fsp3) is 0.524. The number of hydrogen-bond donors (Lipinski definition) is 1. The highest BCUT2D eigenvalue weighted by Crippen LogP contribution is 2.33. The van der Waals surface area contributed by atoms with Crippen LogP contribution >= 0.6 is 0 Å². The summed E-state index contributed by atoms with van der Waals surface area (Å²) >= 11 is 0. The first-order chi connectivity index (χ1) is 15.8. The molecule has 1 saturated heterocycles. The molecule has 1 N–H and O–H groups in total. The Labute approximate surface area is 191 Å². The maximum absolute atomic E-state index is 13.2. The normalized spacial score (nSPS) is 22.3. The molecular weight excluding hydrogens is 428 g/mol. The molecule has 0 spiro atoms. The van der Waals surface area contributed by atoms with Crippen LogP contribution in [0, 0.1) is 12.8 Å². The minimum atomic E-state index is -0.595. The molecule has 0 saturated carbocycles. The zero-order valence-corrected chi connectivity index (χ0v) is 19.2. The monoisotopic (exact) mass is 456 g/mol. The molecule has 2 atom stereocenters. The van der Waals surface area contributed by atoms with Gasteiger partial charge in [0.15, 0.2) is 5.84 Å². The Hall–Kier alpha value is -3.54. The molecule has 1 aromatic heterocycles. The predicted molar refractivity (Wildman–Crippen MR) is 118 cm³/mol. The van der Waals surface area contributed by atoms with Gasteiger partial charge in [-0.2, -0.15) is 5.10 Å². The molecule has 0 bridgehead atoms. The Bertz CT molecular complexity index is 1050. The summed E-state index contributed by atoms with van der Waals surface area (Å²) in [7, 11) is 5.18. The second kappa shape index (κ2) is 9.14. The van der Waals surface area contributed by atoms with E-state index in [-0.39, 0.29) is 5.91 Å². The second-order valence-electron chi connectivity index (χ2n) is 8.42. The molecule has 2 amide bonds. The van der Waals surface area contributed by atoms with Crippen LogP contribution in [0.1, 0.15) is 5.82 Å². The van der Waals surface area contributed by atoms with Gasteiger partial charge in [-0.25, -0.2) is 14.7 Å². The van der Waals surface area contributed by atoms with Gasteiger partial charge in [-0.1, -0.05) is 0 Å². The van der Waals surface area contributed by atoms with Crippen LogP contribution in [0.15, 0.2) is 35.1 Å². The highest BCUT2D eigenvalue weighted by Gasteiger charge is 2.45. The molecule has 0 aliphatic carbocycles. The third kappa shape index (κ3) is 4.38. The van der Waals surface area contributed by atoms with Crippen LogP contribution in [0.2, 0.25) is 0 Å². The Kier molecular flexibility index (Phi) is 6.27. The van der Waals surface area contributed by atoms with Crippen molar-refractivity contribution in [3.05, 3.63) is 35.9 Å². The van der Waals surface area contributed by atoms with Gasteiger partial charge in [0, 0.05) is 38.0 Å². The van der Waals surface area contributed by atoms with E-state index in [1.807, 2.05) is 19.0 Å². The van der Waals surface area contributed by atoms with Gasteiger partial charge in [0.05, 0.1) is 25.8 Å². The van der Waals surface area contributed by atoms with E-state index in [0.29, 0.717) is 55.7 Å². The highest BCUT2D eigenvalue weighted by atomic mass is 16.5. The van der Waals surface area contributed by atoms with Crippen molar-refractivity contribution in [3.8, 4) is 0 Å². The van der Waals surface area contributed by atoms with Gasteiger partial charge in [-0.3, -0.25) is 14.4 Å². The van der Waals surface area contributed by atoms with Gasteiger partial charge in [0.2, 0.25) is 11.7 Å². The topological polar surface area (TPSA) is 125 Å². The summed E-state index contributed by atoms with van der Waals surface area (Å²) in [6, 6.07) is -0.418. The maximum atomic E-state index is 13.2. The number of amides is 2. The zero-order chi connectivity index (χ0) is 23.7. The van der Waals surface area contributed by atoms with E-state index in [4.69, 9.17) is 4.74 Å². The van der Waals surface area contributed by atoms with Crippen molar-refractivity contribution in [2.75, 3.05) is 53.9 Å². The standard InChI is InChI=1S/C21H28N8O4/c1-13-24-12-29(25-13)20-18-17(15(33-4)10-23-20)14(9-22-18)19(31)21(32)28-7-5-27(6-8-28)16(30)11-26(2)3/h9-10,12,17-18,22H,5-8,11H2,1-4H3. The molecule has 12 heteroatoms. The molecule has 1 fully saturated rings. The summed E-state index contributed by atoms with van der Waals surface area (Å²) in [6.45, 7) is 3.53. The minimum absolute atomic E-state index is 0.0104. The van der Waals surface area contributed by atoms with E-state index in [9.17, 15) is 14.4 Å². The number of fused-ring (bicyclic) bond motifs is 1. The molecule has 3 aliphatic rings. The van der Waals surface area contributed by atoms with Gasteiger partial charge < -0.3 is 24.8 Å². The zero-order valence-electron chi connectivity index (χ0n) is 19.2. The van der Waals surface area contributed by atoms with Gasteiger partial charge in [0.25, 0.3) is 5.91 Å². The predicted octanol–water partition coefficient (Wildman–Crippen LogP) is -1.39. The SMILES string of the molecule is COC1=CN=C(n2cnc(C)n2)C2NC=C(C(=O)C(=O)N3CCN(C(=O)CN(C)C)CC3)C12. The number of nitrogens with zero attached hydrogens (tertiary/aromatic N) is 7. The van der Waals surface area contributed by atoms with Crippen molar-refractivity contribution in [1.29, 1.82) is 0 Å². The van der Waals surface area contributed by atoms with Crippen LogP contribution in [-0.4, -0.2) is 113 Å². The van der Waals surface area contributed by atoms with Gasteiger partial charge in [-0.15, -0.1) is 0 Å². The number of likely N-dealkylation sites (N-methyl/N-ethyl adjacent to an activating group) is 1. The van der Waals surface area contributed by atoms with E-state index in [0.717, 1.165) is 0 Å². The summed E-state index contributed by atoms with van der Waals surface area (Å²) in [5.41, 5.74) is 0.313. The molecule has 0 aromatic carbocycles. The van der Waals surface area contributed by atoms with Crippen molar-refractivity contribution in [3.63, 3.8) is 0 Å². The van der Waals surface area contributed by atoms with E-state index in [1.54, 1.807) is 35.2 Å².